The molecule has 1 aromatic heterocycles. The number of ketones is 1. The molecule has 4 nitrogen and oxygen atoms in total. The lowest BCUT2D eigenvalue weighted by atomic mass is 10.1. The number of furan rings is 1. The number of Topliss-reactive ketones (excluding diaryl/α,β-unsaturated/α-hetero) is 1. The van der Waals surface area contributed by atoms with Crippen LogP contribution in [0.15, 0.2) is 40.8 Å². The molecule has 0 bridgehead atoms. The Balaban J connectivity index is 2.12. The predicted octanol–water partition coefficient (Wildman–Crippen LogP) is 2.63. The van der Waals surface area contributed by atoms with Crippen LogP contribution < -0.4 is 0 Å². The van der Waals surface area contributed by atoms with Crippen molar-refractivity contribution in [2.75, 3.05) is 7.11 Å². The average Bonchev–Trinajstić information content (AvgIpc) is 2.87. The summed E-state index contributed by atoms with van der Waals surface area (Å²) in [5.41, 5.74) is 0.543. The van der Waals surface area contributed by atoms with Gasteiger partial charge in [-0.3, -0.25) is 4.79 Å². The van der Waals surface area contributed by atoms with Crippen LogP contribution >= 0.6 is 0 Å². The Hall–Kier alpha value is -2.43. The second-order valence-corrected chi connectivity index (χ2v) is 3.89. The Kier molecular flexibility index (Phi) is 3.75. The van der Waals surface area contributed by atoms with E-state index in [2.05, 4.69) is 4.74 Å². The van der Waals surface area contributed by atoms with Crippen molar-refractivity contribution in [1.29, 1.82) is 0 Å². The molecule has 0 spiro atoms. The summed E-state index contributed by atoms with van der Waals surface area (Å²) >= 11 is 0. The molecule has 2 aromatic rings. The number of esters is 1. The van der Waals surface area contributed by atoms with E-state index in [0.717, 1.165) is 0 Å². The lowest BCUT2D eigenvalue weighted by Gasteiger charge is -1.99. The summed E-state index contributed by atoms with van der Waals surface area (Å²) in [5.74, 6) is -1.37. The van der Waals surface area contributed by atoms with Crippen molar-refractivity contribution in [3.63, 3.8) is 0 Å². The smallest absolute Gasteiger partial charge is 0.373 e. The van der Waals surface area contributed by atoms with Gasteiger partial charge in [-0.25, -0.2) is 9.18 Å². The number of carbonyl (C=O) groups excluding carboxylic acids is 2. The summed E-state index contributed by atoms with van der Waals surface area (Å²) in [6.45, 7) is 0. The highest BCUT2D eigenvalue weighted by molar-refractivity contribution is 5.96. The van der Waals surface area contributed by atoms with Crippen LogP contribution in [0.3, 0.4) is 0 Å². The monoisotopic (exact) mass is 262 g/mol. The SMILES string of the molecule is COC(=O)c1ccc(C(=O)Cc2cccc(F)c2)o1. The van der Waals surface area contributed by atoms with Gasteiger partial charge in [-0.05, 0) is 29.8 Å². The first-order chi connectivity index (χ1) is 9.10. The summed E-state index contributed by atoms with van der Waals surface area (Å²) in [4.78, 5) is 23.1. The zero-order valence-corrected chi connectivity index (χ0v) is 10.2. The third-order valence-electron chi connectivity index (χ3n) is 2.52. The average molecular weight is 262 g/mol. The Morgan fingerprint density at radius 1 is 1.21 bits per heavy atom. The van der Waals surface area contributed by atoms with Crippen LogP contribution in [0, 0.1) is 5.82 Å². The number of halogens is 1. The van der Waals surface area contributed by atoms with Gasteiger partial charge < -0.3 is 9.15 Å². The molecule has 0 amide bonds. The van der Waals surface area contributed by atoms with Crippen molar-refractivity contribution < 1.29 is 23.1 Å². The van der Waals surface area contributed by atoms with Gasteiger partial charge in [-0.1, -0.05) is 12.1 Å². The maximum Gasteiger partial charge on any atom is 0.373 e. The summed E-state index contributed by atoms with van der Waals surface area (Å²) in [7, 11) is 1.22. The molecule has 0 aliphatic heterocycles. The molecule has 5 heteroatoms. The minimum atomic E-state index is -0.648. The van der Waals surface area contributed by atoms with Gasteiger partial charge in [0.05, 0.1) is 7.11 Å². The Morgan fingerprint density at radius 3 is 2.63 bits per heavy atom. The zero-order valence-electron chi connectivity index (χ0n) is 10.2. The number of benzene rings is 1. The van der Waals surface area contributed by atoms with Crippen molar-refractivity contribution >= 4 is 11.8 Å². The second-order valence-electron chi connectivity index (χ2n) is 3.89. The lowest BCUT2D eigenvalue weighted by molar-refractivity contribution is 0.0563. The Bertz CT molecular complexity index is 615. The van der Waals surface area contributed by atoms with E-state index in [-0.39, 0.29) is 23.7 Å². The van der Waals surface area contributed by atoms with Crippen LogP contribution in [-0.2, 0) is 11.2 Å². The third kappa shape index (κ3) is 3.07. The molecule has 0 N–H and O–H groups in total. The molecular formula is C14H11FO4. The first-order valence-corrected chi connectivity index (χ1v) is 5.56. The van der Waals surface area contributed by atoms with Crippen LogP contribution in [0.5, 0.6) is 0 Å². The van der Waals surface area contributed by atoms with E-state index in [9.17, 15) is 14.0 Å². The minimum Gasteiger partial charge on any atom is -0.463 e. The van der Waals surface area contributed by atoms with Crippen molar-refractivity contribution in [3.05, 3.63) is 59.3 Å². The maximum atomic E-state index is 13.0. The molecule has 0 radical (unpaired) electrons. The van der Waals surface area contributed by atoms with E-state index in [4.69, 9.17) is 4.42 Å². The van der Waals surface area contributed by atoms with Crippen LogP contribution in [0.2, 0.25) is 0 Å². The fourth-order valence-corrected chi connectivity index (χ4v) is 1.62. The lowest BCUT2D eigenvalue weighted by Crippen LogP contribution is -2.03. The van der Waals surface area contributed by atoms with Gasteiger partial charge in [0.15, 0.2) is 5.76 Å². The number of carbonyl (C=O) groups is 2. The molecule has 0 unspecified atom stereocenters. The molecule has 0 saturated carbocycles. The van der Waals surface area contributed by atoms with E-state index in [1.54, 1.807) is 6.07 Å². The molecule has 98 valence electrons. The predicted molar refractivity (Wildman–Crippen MR) is 64.5 cm³/mol. The van der Waals surface area contributed by atoms with Crippen LogP contribution in [0.4, 0.5) is 4.39 Å². The third-order valence-corrected chi connectivity index (χ3v) is 2.52. The molecule has 2 rings (SSSR count). The highest BCUT2D eigenvalue weighted by Gasteiger charge is 2.16. The van der Waals surface area contributed by atoms with Gasteiger partial charge in [0.2, 0.25) is 11.5 Å². The van der Waals surface area contributed by atoms with Crippen molar-refractivity contribution in [2.24, 2.45) is 0 Å². The van der Waals surface area contributed by atoms with Crippen molar-refractivity contribution in [1.82, 2.24) is 0 Å². The summed E-state index contributed by atoms with van der Waals surface area (Å²) in [6, 6.07) is 8.52. The molecule has 0 fully saturated rings. The number of ether oxygens (including phenoxy) is 1. The number of hydrogen-bond donors (Lipinski definition) is 0. The highest BCUT2D eigenvalue weighted by Crippen LogP contribution is 2.13. The molecule has 19 heavy (non-hydrogen) atoms. The zero-order chi connectivity index (χ0) is 13.8. The molecule has 1 heterocycles. The van der Waals surface area contributed by atoms with Gasteiger partial charge in [-0.2, -0.15) is 0 Å². The standard InChI is InChI=1S/C14H11FO4/c1-18-14(17)13-6-5-12(19-13)11(16)8-9-3-2-4-10(15)7-9/h2-7H,8H2,1H3. The van der Waals surface area contributed by atoms with Crippen molar-refractivity contribution in [2.45, 2.75) is 6.42 Å². The number of rotatable bonds is 4. The second kappa shape index (κ2) is 5.48. The maximum absolute atomic E-state index is 13.0. The molecule has 0 saturated heterocycles. The molecule has 1 aromatic carbocycles. The van der Waals surface area contributed by atoms with Gasteiger partial charge in [-0.15, -0.1) is 0 Å². The first-order valence-electron chi connectivity index (χ1n) is 5.56. The summed E-state index contributed by atoms with van der Waals surface area (Å²) in [5, 5.41) is 0. The van der Waals surface area contributed by atoms with E-state index < -0.39 is 11.8 Å². The van der Waals surface area contributed by atoms with Gasteiger partial charge in [0.1, 0.15) is 5.82 Å². The Labute approximate surface area is 108 Å². The van der Waals surface area contributed by atoms with Gasteiger partial charge >= 0.3 is 5.97 Å². The fraction of sp³-hybridized carbons (Fsp3) is 0.143. The van der Waals surface area contributed by atoms with Crippen LogP contribution in [0.1, 0.15) is 26.7 Å². The van der Waals surface area contributed by atoms with E-state index in [1.165, 1.54) is 37.4 Å². The topological polar surface area (TPSA) is 56.5 Å². The van der Waals surface area contributed by atoms with Gasteiger partial charge in [0, 0.05) is 6.42 Å². The minimum absolute atomic E-state index is 0.00584. The summed E-state index contributed by atoms with van der Waals surface area (Å²) < 4.78 is 22.5. The van der Waals surface area contributed by atoms with Gasteiger partial charge in [0.25, 0.3) is 0 Å². The molecule has 0 aliphatic rings. The van der Waals surface area contributed by atoms with Crippen LogP contribution in [0.25, 0.3) is 0 Å². The normalized spacial score (nSPS) is 10.2. The quantitative estimate of drug-likeness (QED) is 0.627. The van der Waals surface area contributed by atoms with E-state index in [1.807, 2.05) is 0 Å². The molecule has 0 atom stereocenters. The fourth-order valence-electron chi connectivity index (χ4n) is 1.62. The number of hydrogen-bond acceptors (Lipinski definition) is 4. The summed E-state index contributed by atoms with van der Waals surface area (Å²) in [6.07, 6.45) is 0.00584. The Morgan fingerprint density at radius 2 is 1.95 bits per heavy atom. The molecule has 0 aliphatic carbocycles. The highest BCUT2D eigenvalue weighted by atomic mass is 19.1. The van der Waals surface area contributed by atoms with E-state index >= 15 is 0 Å². The van der Waals surface area contributed by atoms with Crippen molar-refractivity contribution in [3.8, 4) is 0 Å². The molecular weight excluding hydrogens is 251 g/mol. The van der Waals surface area contributed by atoms with E-state index in [0.29, 0.717) is 5.56 Å². The largest absolute Gasteiger partial charge is 0.463 e. The number of methoxy groups -OCH3 is 1. The van der Waals surface area contributed by atoms with Crippen LogP contribution in [-0.4, -0.2) is 18.9 Å². The first kappa shape index (κ1) is 13.0.